The van der Waals surface area contributed by atoms with E-state index >= 15 is 0 Å². The number of halogens is 3. The highest BCUT2D eigenvalue weighted by atomic mass is 19.4. The molecule has 5 N–H and O–H groups in total. The Morgan fingerprint density at radius 3 is 2.35 bits per heavy atom. The highest BCUT2D eigenvalue weighted by Crippen LogP contribution is 2.39. The lowest BCUT2D eigenvalue weighted by molar-refractivity contribution is -0.213. The molecule has 14 heteroatoms. The van der Waals surface area contributed by atoms with Gasteiger partial charge >= 0.3 is 12.1 Å². The van der Waals surface area contributed by atoms with Crippen LogP contribution in [0.3, 0.4) is 0 Å². The first kappa shape index (κ1) is 35.3. The number of carbonyl (C=O) groups excluding carboxylic acids is 3. The van der Waals surface area contributed by atoms with Crippen LogP contribution in [-0.4, -0.2) is 41.7 Å². The number of ether oxygens (including phenoxy) is 3. The number of anilines is 3. The van der Waals surface area contributed by atoms with Crippen molar-refractivity contribution in [3.8, 4) is 11.5 Å². The Balaban J connectivity index is 1.91. The Bertz CT molecular complexity index is 1820. The van der Waals surface area contributed by atoms with Gasteiger partial charge in [-0.2, -0.15) is 13.2 Å². The van der Waals surface area contributed by atoms with E-state index in [1.165, 1.54) is 43.5 Å². The summed E-state index contributed by atoms with van der Waals surface area (Å²) < 4.78 is 58.4. The van der Waals surface area contributed by atoms with Crippen LogP contribution in [0, 0.1) is 0 Å². The van der Waals surface area contributed by atoms with Crippen LogP contribution in [-0.2, 0) is 24.8 Å². The van der Waals surface area contributed by atoms with Gasteiger partial charge in [0.15, 0.2) is 11.5 Å². The first-order valence-corrected chi connectivity index (χ1v) is 15.0. The van der Waals surface area contributed by atoms with Gasteiger partial charge in [0.2, 0.25) is 5.91 Å². The third-order valence-electron chi connectivity index (χ3n) is 6.98. The summed E-state index contributed by atoms with van der Waals surface area (Å²) in [6, 6.07) is 15.8. The van der Waals surface area contributed by atoms with Crippen molar-refractivity contribution in [2.24, 2.45) is 0 Å². The summed E-state index contributed by atoms with van der Waals surface area (Å²) in [6.07, 6.45) is -4.32. The van der Waals surface area contributed by atoms with Crippen LogP contribution in [0.25, 0.3) is 10.8 Å². The Morgan fingerprint density at radius 1 is 0.938 bits per heavy atom. The van der Waals surface area contributed by atoms with Crippen LogP contribution in [0.5, 0.6) is 11.5 Å². The van der Waals surface area contributed by atoms with E-state index in [1.54, 1.807) is 64.1 Å². The molecule has 0 aliphatic heterocycles. The molecular weight excluding hydrogens is 631 g/mol. The highest BCUT2D eigenvalue weighted by molar-refractivity contribution is 5.96. The van der Waals surface area contributed by atoms with Crippen molar-refractivity contribution >= 4 is 45.7 Å². The van der Waals surface area contributed by atoms with Crippen LogP contribution in [0.4, 0.5) is 30.4 Å². The second kappa shape index (κ2) is 14.5. The van der Waals surface area contributed by atoms with Crippen molar-refractivity contribution in [3.63, 3.8) is 0 Å². The molecule has 0 aliphatic carbocycles. The molecule has 2 amide bonds. The summed E-state index contributed by atoms with van der Waals surface area (Å²) in [6.45, 7) is 8.31. The lowest BCUT2D eigenvalue weighted by Gasteiger charge is -2.35. The summed E-state index contributed by atoms with van der Waals surface area (Å²) in [5.41, 5.74) is 4.01. The smallest absolute Gasteiger partial charge is 0.490 e. The predicted octanol–water partition coefficient (Wildman–Crippen LogP) is 6.21. The normalized spacial score (nSPS) is 13.3. The number of nitrogens with one attached hydrogen (secondary N) is 3. The second-order valence-electron chi connectivity index (χ2n) is 11.1. The number of nitrogens with zero attached hydrogens (tertiary/aromatic N) is 1. The topological polar surface area (TPSA) is 154 Å². The predicted molar refractivity (Wildman–Crippen MR) is 174 cm³/mol. The van der Waals surface area contributed by atoms with Gasteiger partial charge in [-0.25, -0.2) is 9.78 Å². The number of alkyl halides is 3. The van der Waals surface area contributed by atoms with Gasteiger partial charge in [0.25, 0.3) is 11.6 Å². The van der Waals surface area contributed by atoms with Crippen molar-refractivity contribution in [3.05, 3.63) is 84.1 Å². The van der Waals surface area contributed by atoms with Crippen LogP contribution in [0.2, 0.25) is 0 Å². The van der Waals surface area contributed by atoms with Crippen LogP contribution in [0.1, 0.15) is 51.8 Å². The van der Waals surface area contributed by atoms with E-state index in [1.807, 2.05) is 0 Å². The van der Waals surface area contributed by atoms with Crippen molar-refractivity contribution in [2.75, 3.05) is 23.0 Å². The number of hydrogen-bond acceptors (Lipinski definition) is 9. The van der Waals surface area contributed by atoms with Crippen molar-refractivity contribution in [1.29, 1.82) is 0 Å². The molecule has 254 valence electrons. The lowest BCUT2D eigenvalue weighted by atomic mass is 9.98. The molecule has 4 aromatic rings. The standard InChI is InChI=1S/C34H36F3N5O6/c1-6-46-29-18-24(10-13-28(29)47-19(2)3)33(48-32(45)34(35,36)37,42-26-11-12-27-23(17-26)14-15-39-30(27)38)31(44)40-20(4)22-8-7-9-25(16-22)41-21(5)43/h7-20,42H,6H2,1-5H3,(H2,38,39)(H,40,44)(H,41,43). The lowest BCUT2D eigenvalue weighted by Crippen LogP contribution is -2.55. The quantitative estimate of drug-likeness (QED) is 0.102. The van der Waals surface area contributed by atoms with Crippen molar-refractivity contribution in [1.82, 2.24) is 10.3 Å². The minimum atomic E-state index is -5.47. The van der Waals surface area contributed by atoms with Gasteiger partial charge in [0.1, 0.15) is 5.82 Å². The van der Waals surface area contributed by atoms with Crippen molar-refractivity contribution < 1.29 is 41.8 Å². The van der Waals surface area contributed by atoms with E-state index < -0.39 is 29.8 Å². The fourth-order valence-corrected chi connectivity index (χ4v) is 4.89. The number of benzene rings is 3. The SMILES string of the molecule is CCOc1cc(C(Nc2ccc3c(N)nccc3c2)(OC(=O)C(F)(F)F)C(=O)NC(C)c2cccc(NC(C)=O)c2)ccc1OC(C)C. The molecule has 2 atom stereocenters. The Labute approximate surface area is 275 Å². The average molecular weight is 668 g/mol. The van der Waals surface area contributed by atoms with E-state index in [4.69, 9.17) is 19.9 Å². The molecule has 0 saturated carbocycles. The number of pyridine rings is 1. The van der Waals surface area contributed by atoms with Gasteiger partial charge in [-0.15, -0.1) is 0 Å². The van der Waals surface area contributed by atoms with E-state index in [0.717, 1.165) is 0 Å². The Hall–Kier alpha value is -5.53. The summed E-state index contributed by atoms with van der Waals surface area (Å²) in [7, 11) is 0. The summed E-state index contributed by atoms with van der Waals surface area (Å²) in [5, 5.41) is 9.19. The summed E-state index contributed by atoms with van der Waals surface area (Å²) >= 11 is 0. The molecule has 11 nitrogen and oxygen atoms in total. The number of amides is 2. The minimum Gasteiger partial charge on any atom is -0.490 e. The second-order valence-corrected chi connectivity index (χ2v) is 11.1. The van der Waals surface area contributed by atoms with Gasteiger partial charge in [0.05, 0.1) is 18.8 Å². The van der Waals surface area contributed by atoms with Crippen molar-refractivity contribution in [2.45, 2.75) is 58.7 Å². The largest absolute Gasteiger partial charge is 0.491 e. The number of nitrogen functional groups attached to an aromatic ring is 1. The number of nitrogens with two attached hydrogens (primary N) is 1. The first-order valence-electron chi connectivity index (χ1n) is 15.0. The van der Waals surface area contributed by atoms with Crippen LogP contribution in [0.15, 0.2) is 72.9 Å². The van der Waals surface area contributed by atoms with E-state index in [9.17, 15) is 27.6 Å². The maximum atomic E-state index is 14.4. The van der Waals surface area contributed by atoms with Gasteiger partial charge in [-0.1, -0.05) is 12.1 Å². The monoisotopic (exact) mass is 667 g/mol. The number of fused-ring (bicyclic) bond motifs is 1. The molecule has 0 aliphatic rings. The molecule has 2 unspecified atom stereocenters. The van der Waals surface area contributed by atoms with Gasteiger partial charge in [-0.3, -0.25) is 9.59 Å². The fraction of sp³-hybridized carbons (Fsp3) is 0.294. The van der Waals surface area contributed by atoms with E-state index in [0.29, 0.717) is 22.0 Å². The third kappa shape index (κ3) is 8.24. The zero-order valence-corrected chi connectivity index (χ0v) is 26.9. The number of hydrogen-bond donors (Lipinski definition) is 4. The van der Waals surface area contributed by atoms with E-state index in [2.05, 4.69) is 20.9 Å². The van der Waals surface area contributed by atoms with Crippen LogP contribution < -0.4 is 31.2 Å². The molecule has 0 bridgehead atoms. The molecule has 4 rings (SSSR count). The Kier molecular flexibility index (Phi) is 10.7. The van der Waals surface area contributed by atoms with Gasteiger partial charge < -0.3 is 35.9 Å². The highest BCUT2D eigenvalue weighted by Gasteiger charge is 2.52. The average Bonchev–Trinajstić information content (AvgIpc) is 3.00. The zero-order valence-electron chi connectivity index (χ0n) is 26.9. The maximum absolute atomic E-state index is 14.4. The first-order chi connectivity index (χ1) is 22.6. The van der Waals surface area contributed by atoms with Gasteiger partial charge in [0, 0.05) is 35.4 Å². The number of esters is 1. The molecule has 0 spiro atoms. The fourth-order valence-electron chi connectivity index (χ4n) is 4.89. The zero-order chi connectivity index (χ0) is 35.2. The minimum absolute atomic E-state index is 0.0964. The molecule has 0 fully saturated rings. The molecule has 3 aromatic carbocycles. The number of rotatable bonds is 12. The molecule has 1 aromatic heterocycles. The summed E-state index contributed by atoms with van der Waals surface area (Å²) in [5.74, 6) is -3.53. The van der Waals surface area contributed by atoms with Crippen LogP contribution >= 0.6 is 0 Å². The van der Waals surface area contributed by atoms with E-state index in [-0.39, 0.29) is 47.2 Å². The number of carbonyl (C=O) groups is 3. The molecular formula is C34H36F3N5O6. The molecule has 0 saturated heterocycles. The third-order valence-corrected chi connectivity index (χ3v) is 6.98. The molecule has 0 radical (unpaired) electrons. The number of aromatic nitrogens is 1. The van der Waals surface area contributed by atoms with Gasteiger partial charge in [-0.05, 0) is 93.2 Å². The molecule has 48 heavy (non-hydrogen) atoms. The molecule has 1 heterocycles. The summed E-state index contributed by atoms with van der Waals surface area (Å²) in [4.78, 5) is 42.7. The maximum Gasteiger partial charge on any atom is 0.491 e. The Morgan fingerprint density at radius 2 is 1.69 bits per heavy atom.